The molecule has 0 aliphatic rings. The van der Waals surface area contributed by atoms with Crippen LogP contribution in [0.3, 0.4) is 0 Å². The molecule has 2 aromatic rings. The van der Waals surface area contributed by atoms with Gasteiger partial charge in [0.25, 0.3) is 0 Å². The van der Waals surface area contributed by atoms with Crippen LogP contribution in [0.1, 0.15) is 25.7 Å². The van der Waals surface area contributed by atoms with Gasteiger partial charge in [-0.25, -0.2) is 0 Å². The molecule has 2 unspecified atom stereocenters. The molecule has 7 heteroatoms. The zero-order valence-electron chi connectivity index (χ0n) is 16.0. The van der Waals surface area contributed by atoms with Crippen LogP contribution in [0.15, 0.2) is 70.5 Å². The minimum absolute atomic E-state index is 0.647. The highest BCUT2D eigenvalue weighted by molar-refractivity contribution is 7.85. The Morgan fingerprint density at radius 3 is 1.46 bits per heavy atom. The van der Waals surface area contributed by atoms with E-state index in [1.165, 1.54) is 0 Å². The van der Waals surface area contributed by atoms with Crippen LogP contribution < -0.4 is 10.6 Å². The number of unbranched alkanes of at least 4 members (excludes halogenated alkanes) is 2. The molecule has 0 bridgehead atoms. The molecule has 4 nitrogen and oxygen atoms in total. The Morgan fingerprint density at radius 1 is 0.679 bits per heavy atom. The van der Waals surface area contributed by atoms with E-state index in [2.05, 4.69) is 10.6 Å². The summed E-state index contributed by atoms with van der Waals surface area (Å²) in [5.74, 6) is 1.34. The topological polar surface area (TPSA) is 58.2 Å². The summed E-state index contributed by atoms with van der Waals surface area (Å²) in [7, 11) is -1.85. The van der Waals surface area contributed by atoms with E-state index in [1.54, 1.807) is 0 Å². The summed E-state index contributed by atoms with van der Waals surface area (Å²) in [4.78, 5) is 1.78. The van der Waals surface area contributed by atoms with E-state index < -0.39 is 21.6 Å². The molecular formula is C21H28N2O2S3. The van der Waals surface area contributed by atoms with E-state index in [0.717, 1.165) is 48.6 Å². The lowest BCUT2D eigenvalue weighted by atomic mass is 10.3. The van der Waals surface area contributed by atoms with E-state index in [9.17, 15) is 8.42 Å². The predicted molar refractivity (Wildman–Crippen MR) is 123 cm³/mol. The summed E-state index contributed by atoms with van der Waals surface area (Å²) in [6.07, 6.45) is 3.64. The van der Waals surface area contributed by atoms with Gasteiger partial charge in [0.05, 0.1) is 21.6 Å². The first-order chi connectivity index (χ1) is 13.7. The minimum Gasteiger partial charge on any atom is -0.363 e. The standard InChI is InChI=1S/C21H28N2O2S3/c24-27(19-11-3-1-4-12-19)17-9-7-15-22-21(26)23-16-8-10-18-28(25)20-13-5-2-6-14-20/h1-6,11-14H,7-10,15-18H2,(H2,22,23,26). The van der Waals surface area contributed by atoms with Crippen molar-refractivity contribution in [2.24, 2.45) is 0 Å². The van der Waals surface area contributed by atoms with Gasteiger partial charge in [0, 0.05) is 34.4 Å². The van der Waals surface area contributed by atoms with Crippen LogP contribution in [-0.2, 0) is 21.6 Å². The van der Waals surface area contributed by atoms with Crippen molar-refractivity contribution in [1.82, 2.24) is 10.6 Å². The van der Waals surface area contributed by atoms with Gasteiger partial charge in [-0.3, -0.25) is 8.42 Å². The SMILES string of the molecule is O=S(CCCCNC(=S)NCCCCS(=O)c1ccccc1)c1ccccc1. The fourth-order valence-electron chi connectivity index (χ4n) is 2.56. The summed E-state index contributed by atoms with van der Waals surface area (Å²) >= 11 is 5.27. The first kappa shape index (κ1) is 22.7. The normalized spacial score (nSPS) is 12.9. The molecule has 0 spiro atoms. The molecule has 0 heterocycles. The van der Waals surface area contributed by atoms with Crippen molar-refractivity contribution in [3.8, 4) is 0 Å². The number of hydrogen-bond donors (Lipinski definition) is 2. The van der Waals surface area contributed by atoms with Crippen LogP contribution in [-0.4, -0.2) is 38.1 Å². The van der Waals surface area contributed by atoms with E-state index in [1.807, 2.05) is 60.7 Å². The molecule has 0 amide bonds. The van der Waals surface area contributed by atoms with Gasteiger partial charge in [0.1, 0.15) is 0 Å². The van der Waals surface area contributed by atoms with Gasteiger partial charge in [-0.2, -0.15) is 0 Å². The maximum absolute atomic E-state index is 12.1. The lowest BCUT2D eigenvalue weighted by molar-refractivity contribution is 0.672. The molecule has 0 aliphatic heterocycles. The Bertz CT molecular complexity index is 691. The number of rotatable bonds is 12. The first-order valence-electron chi connectivity index (χ1n) is 9.55. The largest absolute Gasteiger partial charge is 0.363 e. The molecule has 0 saturated carbocycles. The van der Waals surface area contributed by atoms with Crippen molar-refractivity contribution >= 4 is 38.9 Å². The number of thiocarbonyl (C=S) groups is 1. The summed E-state index contributed by atoms with van der Waals surface area (Å²) in [5.41, 5.74) is 0. The maximum atomic E-state index is 12.1. The van der Waals surface area contributed by atoms with Crippen LogP contribution in [0.25, 0.3) is 0 Å². The molecule has 2 N–H and O–H groups in total. The average Bonchev–Trinajstić information content (AvgIpc) is 2.74. The third kappa shape index (κ3) is 9.08. The monoisotopic (exact) mass is 436 g/mol. The molecule has 2 atom stereocenters. The van der Waals surface area contributed by atoms with E-state index in [4.69, 9.17) is 12.2 Å². The molecule has 0 radical (unpaired) electrons. The van der Waals surface area contributed by atoms with Crippen LogP contribution >= 0.6 is 12.2 Å². The fourth-order valence-corrected chi connectivity index (χ4v) is 5.09. The quantitative estimate of drug-likeness (QED) is 0.393. The lowest BCUT2D eigenvalue weighted by Gasteiger charge is -2.10. The molecule has 2 rings (SSSR count). The van der Waals surface area contributed by atoms with Gasteiger partial charge in [-0.05, 0) is 62.2 Å². The van der Waals surface area contributed by atoms with Crippen molar-refractivity contribution < 1.29 is 8.42 Å². The molecular weight excluding hydrogens is 408 g/mol. The van der Waals surface area contributed by atoms with Crippen LogP contribution in [0.5, 0.6) is 0 Å². The summed E-state index contributed by atoms with van der Waals surface area (Å²) in [5, 5.41) is 7.01. The number of nitrogens with one attached hydrogen (secondary N) is 2. The van der Waals surface area contributed by atoms with Gasteiger partial charge in [0.15, 0.2) is 5.11 Å². The highest BCUT2D eigenvalue weighted by atomic mass is 32.2. The Morgan fingerprint density at radius 2 is 1.07 bits per heavy atom. The molecule has 28 heavy (non-hydrogen) atoms. The minimum atomic E-state index is -0.924. The van der Waals surface area contributed by atoms with E-state index >= 15 is 0 Å². The second-order valence-electron chi connectivity index (χ2n) is 6.32. The van der Waals surface area contributed by atoms with Crippen molar-refractivity contribution in [3.63, 3.8) is 0 Å². The number of hydrogen-bond acceptors (Lipinski definition) is 3. The van der Waals surface area contributed by atoms with Gasteiger partial charge in [-0.15, -0.1) is 0 Å². The maximum Gasteiger partial charge on any atom is 0.166 e. The fraction of sp³-hybridized carbons (Fsp3) is 0.381. The molecule has 0 aromatic heterocycles. The second kappa shape index (κ2) is 13.6. The molecule has 2 aromatic carbocycles. The molecule has 152 valence electrons. The van der Waals surface area contributed by atoms with Crippen molar-refractivity contribution in [2.75, 3.05) is 24.6 Å². The van der Waals surface area contributed by atoms with Gasteiger partial charge in [0.2, 0.25) is 0 Å². The van der Waals surface area contributed by atoms with Crippen LogP contribution in [0, 0.1) is 0 Å². The van der Waals surface area contributed by atoms with Gasteiger partial charge in [-0.1, -0.05) is 36.4 Å². The van der Waals surface area contributed by atoms with Crippen molar-refractivity contribution in [2.45, 2.75) is 35.5 Å². The third-order valence-electron chi connectivity index (χ3n) is 4.10. The van der Waals surface area contributed by atoms with Crippen molar-refractivity contribution in [1.29, 1.82) is 0 Å². The highest BCUT2D eigenvalue weighted by Crippen LogP contribution is 2.08. The van der Waals surface area contributed by atoms with E-state index in [-0.39, 0.29) is 0 Å². The Hall–Kier alpha value is -1.57. The predicted octanol–water partition coefficient (Wildman–Crippen LogP) is 3.63. The molecule has 0 fully saturated rings. The lowest BCUT2D eigenvalue weighted by Crippen LogP contribution is -2.36. The van der Waals surface area contributed by atoms with Crippen LogP contribution in [0.4, 0.5) is 0 Å². The Labute approximate surface area is 178 Å². The Balaban J connectivity index is 1.46. The average molecular weight is 437 g/mol. The summed E-state index contributed by atoms with van der Waals surface area (Å²) < 4.78 is 24.2. The molecule has 0 saturated heterocycles. The third-order valence-corrected chi connectivity index (χ3v) is 7.30. The highest BCUT2D eigenvalue weighted by Gasteiger charge is 2.04. The van der Waals surface area contributed by atoms with Gasteiger partial charge >= 0.3 is 0 Å². The molecule has 0 aliphatic carbocycles. The smallest absolute Gasteiger partial charge is 0.166 e. The van der Waals surface area contributed by atoms with E-state index in [0.29, 0.717) is 16.6 Å². The first-order valence-corrected chi connectivity index (χ1v) is 12.6. The van der Waals surface area contributed by atoms with Crippen LogP contribution in [0.2, 0.25) is 0 Å². The van der Waals surface area contributed by atoms with Crippen molar-refractivity contribution in [3.05, 3.63) is 60.7 Å². The Kier molecular flexibility index (Phi) is 11.0. The summed E-state index contributed by atoms with van der Waals surface area (Å²) in [6.45, 7) is 1.55. The zero-order valence-corrected chi connectivity index (χ0v) is 18.4. The summed E-state index contributed by atoms with van der Waals surface area (Å²) in [6, 6.07) is 19.1. The second-order valence-corrected chi connectivity index (χ2v) is 9.87. The van der Waals surface area contributed by atoms with Gasteiger partial charge < -0.3 is 10.6 Å². The zero-order chi connectivity index (χ0) is 20.0. The number of benzene rings is 2.